The summed E-state index contributed by atoms with van der Waals surface area (Å²) >= 11 is 0. The molecule has 2 heteroatoms. The number of fused-ring (bicyclic) bond motifs is 5. The van der Waals surface area contributed by atoms with Crippen LogP contribution in [0.5, 0.6) is 0 Å². The van der Waals surface area contributed by atoms with Crippen molar-refractivity contribution in [3.05, 3.63) is 36.0 Å². The molecule has 130 valence electrons. The van der Waals surface area contributed by atoms with E-state index in [4.69, 9.17) is 5.11 Å². The lowest BCUT2D eigenvalue weighted by Crippen LogP contribution is -2.45. The minimum Gasteiger partial charge on any atom is -0.481 e. The molecule has 4 aliphatic rings. The van der Waals surface area contributed by atoms with Crippen LogP contribution in [-0.4, -0.2) is 11.1 Å². The molecular weight excluding hydrogens is 296 g/mol. The zero-order valence-electron chi connectivity index (χ0n) is 14.8. The summed E-state index contributed by atoms with van der Waals surface area (Å²) in [6.45, 7) is 6.83. The molecule has 24 heavy (non-hydrogen) atoms. The SMILES string of the molecule is C=C1C[C@H]2[C@@H]3CC=C4C=CCC[C@@H]4[C@H]3CC[C@]2(C)[C@@H]1CCC(=O)O. The van der Waals surface area contributed by atoms with Gasteiger partial charge in [-0.15, -0.1) is 0 Å². The molecule has 0 heterocycles. The Balaban J connectivity index is 1.59. The van der Waals surface area contributed by atoms with Crippen molar-refractivity contribution < 1.29 is 9.90 Å². The fourth-order valence-corrected chi connectivity index (χ4v) is 6.75. The third kappa shape index (κ3) is 2.41. The van der Waals surface area contributed by atoms with Gasteiger partial charge in [0.05, 0.1) is 0 Å². The van der Waals surface area contributed by atoms with Crippen molar-refractivity contribution in [2.45, 2.75) is 58.3 Å². The predicted molar refractivity (Wildman–Crippen MR) is 96.5 cm³/mol. The van der Waals surface area contributed by atoms with Gasteiger partial charge in [-0.3, -0.25) is 4.79 Å². The third-order valence-electron chi connectivity index (χ3n) is 7.87. The summed E-state index contributed by atoms with van der Waals surface area (Å²) < 4.78 is 0. The largest absolute Gasteiger partial charge is 0.481 e. The van der Waals surface area contributed by atoms with E-state index in [1.54, 1.807) is 5.57 Å². The molecule has 0 aliphatic heterocycles. The molecule has 1 N–H and O–H groups in total. The Morgan fingerprint density at radius 1 is 1.38 bits per heavy atom. The van der Waals surface area contributed by atoms with E-state index in [1.165, 1.54) is 37.7 Å². The van der Waals surface area contributed by atoms with Gasteiger partial charge in [0.1, 0.15) is 0 Å². The first kappa shape index (κ1) is 16.2. The molecule has 2 fully saturated rings. The molecule has 0 spiro atoms. The first-order chi connectivity index (χ1) is 11.5. The van der Waals surface area contributed by atoms with Crippen LogP contribution in [0.2, 0.25) is 0 Å². The molecule has 0 aromatic rings. The fourth-order valence-electron chi connectivity index (χ4n) is 6.75. The third-order valence-corrected chi connectivity index (χ3v) is 7.87. The van der Waals surface area contributed by atoms with Gasteiger partial charge in [-0.05, 0) is 85.5 Å². The smallest absolute Gasteiger partial charge is 0.303 e. The van der Waals surface area contributed by atoms with Crippen molar-refractivity contribution in [2.75, 3.05) is 0 Å². The standard InChI is InChI=1S/C22H30O2/c1-14-13-20-18-8-7-15-5-3-4-6-16(15)17(18)11-12-22(20,2)19(14)9-10-21(23)24/h3,5,7,16-20H,1,4,6,8-13H2,2H3,(H,23,24)/t16-,17+,18+,19+,20-,22+/m0/s1. The van der Waals surface area contributed by atoms with Gasteiger partial charge in [0, 0.05) is 6.42 Å². The van der Waals surface area contributed by atoms with Crippen LogP contribution in [0, 0.1) is 35.0 Å². The number of carboxylic acid groups (broad SMARTS) is 1. The highest BCUT2D eigenvalue weighted by atomic mass is 16.4. The van der Waals surface area contributed by atoms with Crippen LogP contribution in [0.1, 0.15) is 58.3 Å². The second-order valence-electron chi connectivity index (χ2n) is 8.85. The van der Waals surface area contributed by atoms with Crippen molar-refractivity contribution in [3.8, 4) is 0 Å². The molecule has 6 atom stereocenters. The molecular formula is C22H30O2. The topological polar surface area (TPSA) is 37.3 Å². The molecule has 0 unspecified atom stereocenters. The van der Waals surface area contributed by atoms with E-state index in [-0.39, 0.29) is 11.8 Å². The van der Waals surface area contributed by atoms with Crippen LogP contribution >= 0.6 is 0 Å². The summed E-state index contributed by atoms with van der Waals surface area (Å²) in [5, 5.41) is 9.11. The van der Waals surface area contributed by atoms with Crippen LogP contribution in [0.4, 0.5) is 0 Å². The number of carboxylic acids is 1. The summed E-state index contributed by atoms with van der Waals surface area (Å²) in [7, 11) is 0. The number of hydrogen-bond donors (Lipinski definition) is 1. The van der Waals surface area contributed by atoms with Gasteiger partial charge in [-0.25, -0.2) is 0 Å². The first-order valence-electron chi connectivity index (χ1n) is 9.77. The summed E-state index contributed by atoms with van der Waals surface area (Å²) in [6.07, 6.45) is 15.8. The number of allylic oxidation sites excluding steroid dienone is 5. The Labute approximate surface area is 145 Å². The second kappa shape index (κ2) is 5.89. The lowest BCUT2D eigenvalue weighted by atomic mass is 9.52. The zero-order valence-corrected chi connectivity index (χ0v) is 14.8. The lowest BCUT2D eigenvalue weighted by molar-refractivity contribution is -0.137. The van der Waals surface area contributed by atoms with Gasteiger partial charge >= 0.3 is 5.97 Å². The van der Waals surface area contributed by atoms with E-state index >= 15 is 0 Å². The summed E-state index contributed by atoms with van der Waals surface area (Å²) in [4.78, 5) is 11.1. The summed E-state index contributed by atoms with van der Waals surface area (Å²) in [5.41, 5.74) is 3.22. The maximum Gasteiger partial charge on any atom is 0.303 e. The van der Waals surface area contributed by atoms with E-state index in [1.807, 2.05) is 0 Å². The quantitative estimate of drug-likeness (QED) is 0.708. The monoisotopic (exact) mass is 326 g/mol. The Kier molecular flexibility index (Phi) is 3.97. The summed E-state index contributed by atoms with van der Waals surface area (Å²) in [5.74, 6) is 2.88. The number of rotatable bonds is 3. The normalized spacial score (nSPS) is 43.6. The lowest BCUT2D eigenvalue weighted by Gasteiger charge is -2.52. The number of hydrogen-bond acceptors (Lipinski definition) is 1. The van der Waals surface area contributed by atoms with Gasteiger partial charge in [-0.2, -0.15) is 0 Å². The Morgan fingerprint density at radius 2 is 2.21 bits per heavy atom. The zero-order chi connectivity index (χ0) is 16.9. The molecule has 0 saturated heterocycles. The van der Waals surface area contributed by atoms with Crippen LogP contribution in [0.15, 0.2) is 36.0 Å². The van der Waals surface area contributed by atoms with Crippen LogP contribution < -0.4 is 0 Å². The van der Waals surface area contributed by atoms with E-state index in [0.717, 1.165) is 30.6 Å². The minimum atomic E-state index is -0.664. The maximum atomic E-state index is 11.1. The average molecular weight is 326 g/mol. The van der Waals surface area contributed by atoms with Crippen molar-refractivity contribution in [1.29, 1.82) is 0 Å². The van der Waals surface area contributed by atoms with Gasteiger partial charge < -0.3 is 5.11 Å². The van der Waals surface area contributed by atoms with Crippen molar-refractivity contribution in [1.82, 2.24) is 0 Å². The second-order valence-corrected chi connectivity index (χ2v) is 8.85. The Morgan fingerprint density at radius 3 is 3.00 bits per heavy atom. The Bertz CT molecular complexity index is 613. The van der Waals surface area contributed by atoms with Crippen LogP contribution in [-0.2, 0) is 4.79 Å². The van der Waals surface area contributed by atoms with Crippen LogP contribution in [0.25, 0.3) is 0 Å². The van der Waals surface area contributed by atoms with Crippen LogP contribution in [0.3, 0.4) is 0 Å². The molecule has 0 aromatic carbocycles. The maximum absolute atomic E-state index is 11.1. The molecule has 4 aliphatic carbocycles. The van der Waals surface area contributed by atoms with Crippen molar-refractivity contribution in [2.24, 2.45) is 35.0 Å². The number of carbonyl (C=O) groups is 1. The first-order valence-corrected chi connectivity index (χ1v) is 9.77. The fraction of sp³-hybridized carbons (Fsp3) is 0.682. The van der Waals surface area contributed by atoms with Gasteiger partial charge in [0.15, 0.2) is 0 Å². The van der Waals surface area contributed by atoms with Gasteiger partial charge in [-0.1, -0.05) is 37.3 Å². The highest BCUT2D eigenvalue weighted by molar-refractivity contribution is 5.66. The van der Waals surface area contributed by atoms with Gasteiger partial charge in [0.2, 0.25) is 0 Å². The van der Waals surface area contributed by atoms with E-state index in [0.29, 0.717) is 11.8 Å². The number of aliphatic carboxylic acids is 1. The highest BCUT2D eigenvalue weighted by Crippen LogP contribution is 2.64. The molecule has 4 rings (SSSR count). The molecule has 0 bridgehead atoms. The average Bonchev–Trinajstić information content (AvgIpc) is 2.82. The summed E-state index contributed by atoms with van der Waals surface area (Å²) in [6, 6.07) is 0. The van der Waals surface area contributed by atoms with Crippen molar-refractivity contribution in [3.63, 3.8) is 0 Å². The predicted octanol–water partition coefficient (Wildman–Crippen LogP) is 5.37. The highest BCUT2D eigenvalue weighted by Gasteiger charge is 2.56. The molecule has 0 radical (unpaired) electrons. The van der Waals surface area contributed by atoms with E-state index in [9.17, 15) is 4.79 Å². The molecule has 0 amide bonds. The van der Waals surface area contributed by atoms with Gasteiger partial charge in [0.25, 0.3) is 0 Å². The molecule has 2 saturated carbocycles. The Hall–Kier alpha value is -1.31. The van der Waals surface area contributed by atoms with E-state index in [2.05, 4.69) is 31.7 Å². The van der Waals surface area contributed by atoms with Crippen molar-refractivity contribution >= 4 is 5.97 Å². The minimum absolute atomic E-state index is 0.281. The molecule has 0 aromatic heterocycles. The van der Waals surface area contributed by atoms with E-state index < -0.39 is 5.97 Å². The molecule has 2 nitrogen and oxygen atoms in total.